The van der Waals surface area contributed by atoms with Crippen LogP contribution in [0, 0.1) is 0 Å². The van der Waals surface area contributed by atoms with Crippen molar-refractivity contribution in [3.8, 4) is 27.9 Å². The van der Waals surface area contributed by atoms with Gasteiger partial charge in [0, 0.05) is 45.0 Å². The van der Waals surface area contributed by atoms with Gasteiger partial charge in [-0.3, -0.25) is 9.47 Å². The molecule has 2 aliphatic rings. The fourth-order valence-corrected chi connectivity index (χ4v) is 11.2. The van der Waals surface area contributed by atoms with Gasteiger partial charge in [0.1, 0.15) is 5.82 Å². The molecule has 0 saturated carbocycles. The van der Waals surface area contributed by atoms with Gasteiger partial charge in [-0.1, -0.05) is 157 Å². The van der Waals surface area contributed by atoms with Crippen molar-refractivity contribution in [3.05, 3.63) is 241 Å². The Bertz CT molecular complexity index is 3620. The van der Waals surface area contributed by atoms with E-state index in [4.69, 9.17) is 0 Å². The molecule has 3 nitrogen and oxygen atoms in total. The third-order valence-corrected chi connectivity index (χ3v) is 14.1. The van der Waals surface area contributed by atoms with Gasteiger partial charge >= 0.3 is 0 Å². The van der Waals surface area contributed by atoms with Crippen molar-refractivity contribution < 1.29 is 0 Å². The van der Waals surface area contributed by atoms with Crippen molar-refractivity contribution in [1.82, 2.24) is 4.57 Å². The van der Waals surface area contributed by atoms with E-state index in [2.05, 4.69) is 257 Å². The number of aromatic nitrogens is 1. The first-order valence-corrected chi connectivity index (χ1v) is 22.9. The molecule has 2 heterocycles. The summed E-state index contributed by atoms with van der Waals surface area (Å²) in [5.74, 6) is 1.14. The number of nitrogens with zero attached hydrogens (tertiary/aromatic N) is 3. The fraction of sp³-hybridized carbons (Fsp3) is 0. The Hall–Kier alpha value is -8.27. The van der Waals surface area contributed by atoms with Gasteiger partial charge in [-0.05, 0) is 140 Å². The highest BCUT2D eigenvalue weighted by Gasteiger charge is 2.34. The van der Waals surface area contributed by atoms with Crippen LogP contribution in [0.2, 0.25) is 0 Å². The highest BCUT2D eigenvalue weighted by molar-refractivity contribution is 7.99. The summed E-state index contributed by atoms with van der Waals surface area (Å²) < 4.78 is 2.40. The highest BCUT2D eigenvalue weighted by atomic mass is 32.2. The van der Waals surface area contributed by atoms with Crippen molar-refractivity contribution in [2.75, 3.05) is 9.80 Å². The van der Waals surface area contributed by atoms with Crippen molar-refractivity contribution >= 4 is 90.5 Å². The highest BCUT2D eigenvalue weighted by Crippen LogP contribution is 2.56. The van der Waals surface area contributed by atoms with Crippen molar-refractivity contribution in [1.29, 1.82) is 0 Å². The number of para-hydroxylation sites is 2. The summed E-state index contributed by atoms with van der Waals surface area (Å²) in [5, 5.41) is 7.52. The average Bonchev–Trinajstić information content (AvgIpc) is 3.98. The van der Waals surface area contributed by atoms with Gasteiger partial charge in [-0.25, -0.2) is 0 Å². The number of rotatable bonds is 7. The first-order chi connectivity index (χ1) is 32.2. The van der Waals surface area contributed by atoms with E-state index in [1.165, 1.54) is 58.8 Å². The maximum absolute atomic E-state index is 3.41. The number of hydrogen-bond donors (Lipinski definition) is 0. The molecule has 0 unspecified atom stereocenters. The minimum atomic E-state index is 1.06. The predicted molar refractivity (Wildman–Crippen MR) is 275 cm³/mol. The van der Waals surface area contributed by atoms with Crippen LogP contribution in [0.3, 0.4) is 0 Å². The number of benzene rings is 10. The molecule has 0 bridgehead atoms. The second-order valence-electron chi connectivity index (χ2n) is 16.7. The molecular formula is C61H39N3S. The average molecular weight is 846 g/mol. The minimum absolute atomic E-state index is 1.06. The SMILES string of the molecule is C1=Cc2c3c(n(-c4ccccc4)c2C=1)N(c1ccc(N(c2cc(-c4ccccc4)cc(-c4ccccc4)c2)c2ccc4c5ccccc5c5ccccc5c4c2)cc1)c1ccccc1S3. The third-order valence-electron chi connectivity index (χ3n) is 12.9. The molecule has 0 amide bonds. The van der Waals surface area contributed by atoms with E-state index in [-0.39, 0.29) is 0 Å². The van der Waals surface area contributed by atoms with Gasteiger partial charge in [0.2, 0.25) is 0 Å². The van der Waals surface area contributed by atoms with Crippen LogP contribution in [-0.4, -0.2) is 4.57 Å². The van der Waals surface area contributed by atoms with E-state index < -0.39 is 0 Å². The van der Waals surface area contributed by atoms with Crippen molar-refractivity contribution in [2.45, 2.75) is 9.79 Å². The molecule has 13 rings (SSSR count). The Morgan fingerprint density at radius 3 is 1.57 bits per heavy atom. The Morgan fingerprint density at radius 2 is 0.923 bits per heavy atom. The summed E-state index contributed by atoms with van der Waals surface area (Å²) in [7, 11) is 0. The molecule has 0 fully saturated rings. The summed E-state index contributed by atoms with van der Waals surface area (Å²) >= 11 is 1.84. The van der Waals surface area contributed by atoms with Crippen LogP contribution in [-0.2, 0) is 0 Å². The van der Waals surface area contributed by atoms with Gasteiger partial charge in [0.25, 0.3) is 0 Å². The van der Waals surface area contributed by atoms with Gasteiger partial charge < -0.3 is 4.90 Å². The van der Waals surface area contributed by atoms with Crippen molar-refractivity contribution in [3.63, 3.8) is 0 Å². The molecule has 1 aliphatic heterocycles. The van der Waals surface area contributed by atoms with Crippen LogP contribution in [0.15, 0.2) is 240 Å². The maximum Gasteiger partial charge on any atom is 0.137 e. The topological polar surface area (TPSA) is 11.4 Å². The molecule has 0 atom stereocenters. The van der Waals surface area contributed by atoms with E-state index in [0.717, 1.165) is 56.8 Å². The molecule has 0 N–H and O–H groups in total. The van der Waals surface area contributed by atoms with Gasteiger partial charge in [0.15, 0.2) is 0 Å². The summed E-state index contributed by atoms with van der Waals surface area (Å²) in [6.45, 7) is 0. The Kier molecular flexibility index (Phi) is 8.73. The molecule has 11 aromatic rings. The van der Waals surface area contributed by atoms with Crippen LogP contribution in [0.1, 0.15) is 11.3 Å². The summed E-state index contributed by atoms with van der Waals surface area (Å²) in [5.41, 5.74) is 17.0. The lowest BCUT2D eigenvalue weighted by molar-refractivity contribution is 1.00. The lowest BCUT2D eigenvalue weighted by atomic mass is 9.93. The van der Waals surface area contributed by atoms with Crippen LogP contribution < -0.4 is 9.80 Å². The smallest absolute Gasteiger partial charge is 0.137 e. The standard InChI is InChI=1S/C61H39N3S/c1-4-17-41(18-5-1)43-37-44(42-19-6-2-7-20-42)39-49(38-43)62(48-35-36-54-52-25-11-10-23-50(52)51-24-12-13-26-53(51)56(54)40-48)46-31-33-47(34-32-46)64-58-28-14-15-30-59(58)65-60-55-27-16-29-57(55)63(61(60)64)45-21-8-3-9-22-45/h1-15,17-40H. The molecule has 10 aromatic carbocycles. The van der Waals surface area contributed by atoms with E-state index in [1.54, 1.807) is 0 Å². The van der Waals surface area contributed by atoms with E-state index >= 15 is 0 Å². The Morgan fingerprint density at radius 1 is 0.385 bits per heavy atom. The fourth-order valence-electron chi connectivity index (χ4n) is 9.98. The normalized spacial score (nSPS) is 12.5. The lowest BCUT2D eigenvalue weighted by Gasteiger charge is -2.33. The summed E-state index contributed by atoms with van der Waals surface area (Å²) in [6, 6.07) is 81.8. The number of hydrogen-bond acceptors (Lipinski definition) is 3. The van der Waals surface area contributed by atoms with Gasteiger partial charge in [0.05, 0.1) is 16.3 Å². The molecule has 0 radical (unpaired) electrons. The van der Waals surface area contributed by atoms with Crippen LogP contribution >= 0.6 is 11.8 Å². The van der Waals surface area contributed by atoms with Crippen LogP contribution in [0.25, 0.3) is 72.4 Å². The minimum Gasteiger partial charge on any atom is -0.310 e. The van der Waals surface area contributed by atoms with Gasteiger partial charge in [-0.2, -0.15) is 0 Å². The molecule has 0 saturated heterocycles. The van der Waals surface area contributed by atoms with E-state index in [0.29, 0.717) is 0 Å². The molecule has 1 aliphatic carbocycles. The Labute approximate surface area is 382 Å². The molecule has 0 spiro atoms. The second kappa shape index (κ2) is 15.2. The monoisotopic (exact) mass is 845 g/mol. The largest absolute Gasteiger partial charge is 0.310 e. The molecule has 4 heteroatoms. The van der Waals surface area contributed by atoms with Crippen LogP contribution in [0.5, 0.6) is 0 Å². The second-order valence-corrected chi connectivity index (χ2v) is 17.7. The zero-order chi connectivity index (χ0) is 42.8. The molecule has 1 aromatic heterocycles. The van der Waals surface area contributed by atoms with E-state index in [1.807, 2.05) is 11.8 Å². The number of anilines is 6. The first-order valence-electron chi connectivity index (χ1n) is 22.1. The summed E-state index contributed by atoms with van der Waals surface area (Å²) in [4.78, 5) is 7.34. The van der Waals surface area contributed by atoms with Gasteiger partial charge in [-0.15, -0.1) is 5.73 Å². The molecule has 304 valence electrons. The lowest BCUT2D eigenvalue weighted by Crippen LogP contribution is -2.18. The maximum atomic E-state index is 3.41. The summed E-state index contributed by atoms with van der Waals surface area (Å²) in [6.07, 6.45) is 4.25. The third kappa shape index (κ3) is 6.15. The molecular weight excluding hydrogens is 807 g/mol. The zero-order valence-electron chi connectivity index (χ0n) is 35.3. The predicted octanol–water partition coefficient (Wildman–Crippen LogP) is 17.3. The van der Waals surface area contributed by atoms with Crippen molar-refractivity contribution in [2.24, 2.45) is 0 Å². The quantitative estimate of drug-likeness (QED) is 0.117. The Balaban J connectivity index is 1.03. The zero-order valence-corrected chi connectivity index (χ0v) is 36.1. The first kappa shape index (κ1) is 37.3. The van der Waals surface area contributed by atoms with E-state index in [9.17, 15) is 0 Å². The van der Waals surface area contributed by atoms with Crippen LogP contribution in [0.4, 0.5) is 34.3 Å². The number of fused-ring (bicyclic) bond motifs is 10. The molecule has 65 heavy (non-hydrogen) atoms.